The molecule has 6 rings (SSSR count). The van der Waals surface area contributed by atoms with Crippen LogP contribution in [-0.4, -0.2) is 58.1 Å². The topological polar surface area (TPSA) is 115 Å². The van der Waals surface area contributed by atoms with Crippen molar-refractivity contribution < 1.29 is 23.1 Å². The Bertz CT molecular complexity index is 1440. The third kappa shape index (κ3) is 4.22. The zero-order valence-corrected chi connectivity index (χ0v) is 19.3. The largest absolute Gasteiger partial charge is 0.464 e. The minimum atomic E-state index is -0.548. The molecular weight excluding hydrogens is 467 g/mol. The Kier molecular flexibility index (Phi) is 5.68. The van der Waals surface area contributed by atoms with E-state index in [9.17, 15) is 9.59 Å². The van der Waals surface area contributed by atoms with Crippen molar-refractivity contribution in [3.63, 3.8) is 0 Å². The van der Waals surface area contributed by atoms with Gasteiger partial charge in [-0.25, -0.2) is 4.39 Å². The van der Waals surface area contributed by atoms with Gasteiger partial charge in [0.2, 0.25) is 11.8 Å². The molecule has 0 bridgehead atoms. The molecule has 2 aliphatic heterocycles. The van der Waals surface area contributed by atoms with E-state index in [1.54, 1.807) is 23.1 Å². The van der Waals surface area contributed by atoms with Gasteiger partial charge in [-0.2, -0.15) is 10.2 Å². The van der Waals surface area contributed by atoms with Gasteiger partial charge in [0, 0.05) is 47.8 Å². The lowest BCUT2D eigenvalue weighted by molar-refractivity contribution is -0.134. The lowest BCUT2D eigenvalue weighted by Crippen LogP contribution is -2.39. The summed E-state index contributed by atoms with van der Waals surface area (Å²) in [7, 11) is 0. The second-order valence-corrected chi connectivity index (χ2v) is 8.93. The molecule has 1 aromatic carbocycles. The highest BCUT2D eigenvalue weighted by Crippen LogP contribution is 2.36. The van der Waals surface area contributed by atoms with E-state index >= 15 is 4.39 Å². The zero-order valence-electron chi connectivity index (χ0n) is 19.3. The number of halogens is 1. The molecule has 2 fully saturated rings. The van der Waals surface area contributed by atoms with Crippen LogP contribution in [0.25, 0.3) is 22.1 Å². The first kappa shape index (κ1) is 22.4. The number of amides is 2. The lowest BCUT2D eigenvalue weighted by atomic mass is 9.90. The molecule has 5 heterocycles. The average molecular weight is 490 g/mol. The van der Waals surface area contributed by atoms with E-state index in [1.807, 2.05) is 12.1 Å². The third-order valence-corrected chi connectivity index (χ3v) is 6.62. The number of imide groups is 1. The molecule has 3 aromatic heterocycles. The van der Waals surface area contributed by atoms with E-state index in [0.717, 1.165) is 24.6 Å². The lowest BCUT2D eigenvalue weighted by Gasteiger charge is -2.27. The van der Waals surface area contributed by atoms with Crippen molar-refractivity contribution in [2.45, 2.75) is 25.3 Å². The highest BCUT2D eigenvalue weighted by Gasteiger charge is 2.31. The highest BCUT2D eigenvalue weighted by molar-refractivity contribution is 6.03. The number of nitrogens with zero attached hydrogens (tertiary/aromatic N) is 5. The van der Waals surface area contributed by atoms with Crippen LogP contribution >= 0.6 is 0 Å². The number of ether oxygens (including phenoxy) is 1. The number of rotatable bonds is 5. The Morgan fingerprint density at radius 2 is 2.00 bits per heavy atom. The molecule has 0 spiro atoms. The maximum Gasteiger partial charge on any atom is 0.234 e. The molecule has 184 valence electrons. The summed E-state index contributed by atoms with van der Waals surface area (Å²) in [4.78, 5) is 25.9. The Morgan fingerprint density at radius 1 is 1.14 bits per heavy atom. The number of morpholine rings is 1. The van der Waals surface area contributed by atoms with Crippen molar-refractivity contribution in [2.75, 3.05) is 31.2 Å². The highest BCUT2D eigenvalue weighted by atomic mass is 19.1. The van der Waals surface area contributed by atoms with Gasteiger partial charge in [-0.1, -0.05) is 0 Å². The van der Waals surface area contributed by atoms with E-state index < -0.39 is 11.7 Å². The number of carbonyl (C=O) groups is 2. The van der Waals surface area contributed by atoms with Crippen LogP contribution < -0.4 is 10.2 Å². The Labute approximate surface area is 205 Å². The molecular formula is C25H23FN6O4. The molecule has 10 nitrogen and oxygen atoms in total. The first-order chi connectivity index (χ1) is 17.5. The van der Waals surface area contributed by atoms with E-state index in [4.69, 9.17) is 9.15 Å². The quantitative estimate of drug-likeness (QED) is 0.425. The van der Waals surface area contributed by atoms with Gasteiger partial charge in [0.15, 0.2) is 5.82 Å². The third-order valence-electron chi connectivity index (χ3n) is 6.62. The van der Waals surface area contributed by atoms with Crippen LogP contribution in [-0.2, 0) is 20.9 Å². The smallest absolute Gasteiger partial charge is 0.234 e. The second kappa shape index (κ2) is 9.15. The fourth-order valence-corrected chi connectivity index (χ4v) is 4.70. The van der Waals surface area contributed by atoms with E-state index in [2.05, 4.69) is 25.5 Å². The van der Waals surface area contributed by atoms with Crippen LogP contribution in [0.1, 0.15) is 30.0 Å². The first-order valence-electron chi connectivity index (χ1n) is 11.8. The fraction of sp³-hybridized carbons (Fsp3) is 0.320. The standard InChI is InChI=1S/C25H23FN6O4/c26-21-9-19-20(17-2-4-24(33)28-25(17)34)14-36-22(19)10-18(21)15-11-27-32(12-15)13-16-1-3-23(30-29-16)31-5-7-35-8-6-31/h1,3,9-12,14,17H,2,4-8,13H2,(H,28,33,34). The summed E-state index contributed by atoms with van der Waals surface area (Å²) in [6.45, 7) is 3.32. The van der Waals surface area contributed by atoms with E-state index in [0.29, 0.717) is 53.8 Å². The average Bonchev–Trinajstić information content (AvgIpc) is 3.51. The molecule has 36 heavy (non-hydrogen) atoms. The monoisotopic (exact) mass is 490 g/mol. The number of nitrogens with one attached hydrogen (secondary N) is 1. The molecule has 2 amide bonds. The minimum Gasteiger partial charge on any atom is -0.464 e. The number of hydrogen-bond donors (Lipinski definition) is 1. The van der Waals surface area contributed by atoms with Crippen LogP contribution in [0.3, 0.4) is 0 Å². The summed E-state index contributed by atoms with van der Waals surface area (Å²) < 4.78 is 27.9. The van der Waals surface area contributed by atoms with Crippen LogP contribution in [0, 0.1) is 5.82 Å². The number of hydrogen-bond acceptors (Lipinski definition) is 8. The van der Waals surface area contributed by atoms with Gasteiger partial charge < -0.3 is 14.1 Å². The molecule has 0 saturated carbocycles. The summed E-state index contributed by atoms with van der Waals surface area (Å²) >= 11 is 0. The second-order valence-electron chi connectivity index (χ2n) is 8.93. The van der Waals surface area contributed by atoms with Gasteiger partial charge in [-0.3, -0.25) is 19.6 Å². The van der Waals surface area contributed by atoms with Gasteiger partial charge in [0.05, 0.1) is 43.8 Å². The number of aromatic nitrogens is 4. The van der Waals surface area contributed by atoms with Crippen molar-refractivity contribution >= 4 is 28.6 Å². The van der Waals surface area contributed by atoms with Gasteiger partial charge in [0.1, 0.15) is 11.4 Å². The summed E-state index contributed by atoms with van der Waals surface area (Å²) in [5.74, 6) is -0.873. The van der Waals surface area contributed by atoms with Crippen molar-refractivity contribution in [3.05, 3.63) is 60.0 Å². The van der Waals surface area contributed by atoms with Crippen LogP contribution in [0.5, 0.6) is 0 Å². The number of anilines is 1. The van der Waals surface area contributed by atoms with Gasteiger partial charge in [0.25, 0.3) is 0 Å². The summed E-state index contributed by atoms with van der Waals surface area (Å²) in [6.07, 6.45) is 5.40. The number of fused-ring (bicyclic) bond motifs is 1. The van der Waals surface area contributed by atoms with Crippen molar-refractivity contribution in [3.8, 4) is 11.1 Å². The van der Waals surface area contributed by atoms with Crippen LogP contribution in [0.2, 0.25) is 0 Å². The minimum absolute atomic E-state index is 0.239. The van der Waals surface area contributed by atoms with Gasteiger partial charge >= 0.3 is 0 Å². The predicted octanol–water partition coefficient (Wildman–Crippen LogP) is 2.63. The maximum atomic E-state index is 15.2. The maximum absolute atomic E-state index is 15.2. The number of furan rings is 1. The summed E-state index contributed by atoms with van der Waals surface area (Å²) in [5.41, 5.74) is 2.70. The summed E-state index contributed by atoms with van der Waals surface area (Å²) in [6, 6.07) is 6.83. The molecule has 11 heteroatoms. The molecule has 1 atom stereocenters. The molecule has 4 aromatic rings. The zero-order chi connectivity index (χ0) is 24.6. The van der Waals surface area contributed by atoms with Gasteiger partial charge in [-0.05, 0) is 30.7 Å². The Balaban J connectivity index is 1.21. The molecule has 1 unspecified atom stereocenters. The van der Waals surface area contributed by atoms with Crippen molar-refractivity contribution in [2.24, 2.45) is 0 Å². The van der Waals surface area contributed by atoms with Crippen LogP contribution in [0.4, 0.5) is 10.2 Å². The van der Waals surface area contributed by atoms with Crippen molar-refractivity contribution in [1.29, 1.82) is 0 Å². The SMILES string of the molecule is O=C1CCC(c2coc3cc(-c4cnn(Cc5ccc(N6CCOCC6)nn5)c4)c(F)cc23)C(=O)N1. The Morgan fingerprint density at radius 3 is 2.78 bits per heavy atom. The number of piperidine rings is 1. The molecule has 2 aliphatic rings. The van der Waals surface area contributed by atoms with Gasteiger partial charge in [-0.15, -0.1) is 5.10 Å². The molecule has 2 saturated heterocycles. The van der Waals surface area contributed by atoms with Crippen LogP contribution in [0.15, 0.2) is 47.3 Å². The molecule has 0 aliphatic carbocycles. The summed E-state index contributed by atoms with van der Waals surface area (Å²) in [5, 5.41) is 15.8. The number of carbonyl (C=O) groups excluding carboxylic acids is 2. The van der Waals surface area contributed by atoms with E-state index in [-0.39, 0.29) is 18.2 Å². The normalized spacial score (nSPS) is 18.6. The first-order valence-corrected chi connectivity index (χ1v) is 11.8. The predicted molar refractivity (Wildman–Crippen MR) is 127 cm³/mol. The number of benzene rings is 1. The van der Waals surface area contributed by atoms with E-state index in [1.165, 1.54) is 12.3 Å². The fourth-order valence-electron chi connectivity index (χ4n) is 4.70. The Hall–Kier alpha value is -4.12. The van der Waals surface area contributed by atoms with Crippen molar-refractivity contribution in [1.82, 2.24) is 25.3 Å². The molecule has 1 N–H and O–H groups in total. The molecule has 0 radical (unpaired) electrons.